The highest BCUT2D eigenvalue weighted by atomic mass is 35.5. The highest BCUT2D eigenvalue weighted by Crippen LogP contribution is 2.53. The summed E-state index contributed by atoms with van der Waals surface area (Å²) in [5.41, 5.74) is -0.857. The van der Waals surface area contributed by atoms with Crippen molar-refractivity contribution in [1.29, 1.82) is 0 Å². The third-order valence-corrected chi connectivity index (χ3v) is 7.09. The smallest absolute Gasteiger partial charge is 0.283 e. The zero-order valence-electron chi connectivity index (χ0n) is 14.3. The van der Waals surface area contributed by atoms with Gasteiger partial charge in [0.1, 0.15) is 11.5 Å². The van der Waals surface area contributed by atoms with E-state index in [9.17, 15) is 23.2 Å². The van der Waals surface area contributed by atoms with Crippen LogP contribution in [-0.4, -0.2) is 23.2 Å². The zero-order chi connectivity index (χ0) is 21.6. The zero-order valence-corrected chi connectivity index (χ0v) is 18.1. The van der Waals surface area contributed by atoms with E-state index in [2.05, 4.69) is 0 Å². The Morgan fingerprint density at radius 2 is 1.34 bits per heavy atom. The number of phenolic OH excluding ortho intramolecular Hbond substituents is 2. The van der Waals surface area contributed by atoms with Gasteiger partial charge in [0.25, 0.3) is 10.1 Å². The van der Waals surface area contributed by atoms with Crippen molar-refractivity contribution in [3.8, 4) is 11.5 Å². The topological polar surface area (TPSA) is 94.8 Å². The fraction of sp³-hybridized carbons (Fsp3) is 0.0526. The highest BCUT2D eigenvalue weighted by Gasteiger charge is 2.53. The fourth-order valence-electron chi connectivity index (χ4n) is 3.24. The summed E-state index contributed by atoms with van der Waals surface area (Å²) in [6.07, 6.45) is 0. The molecule has 0 aliphatic carbocycles. The summed E-state index contributed by atoms with van der Waals surface area (Å²) >= 11 is 24.5. The summed E-state index contributed by atoms with van der Waals surface area (Å²) in [7, 11) is -5.16. The Hall–Kier alpha value is -1.67. The molecule has 1 atom stereocenters. The van der Waals surface area contributed by atoms with Crippen molar-refractivity contribution in [3.63, 3.8) is 0 Å². The van der Waals surface area contributed by atoms with Crippen molar-refractivity contribution in [2.75, 3.05) is 0 Å². The van der Waals surface area contributed by atoms with Crippen LogP contribution in [-0.2, 0) is 14.9 Å². The summed E-state index contributed by atoms with van der Waals surface area (Å²) < 4.78 is 33.9. The van der Waals surface area contributed by atoms with E-state index in [-0.39, 0.29) is 31.2 Å². The first kappa shape index (κ1) is 22.0. The van der Waals surface area contributed by atoms with Crippen LogP contribution in [0.5, 0.6) is 11.5 Å². The van der Waals surface area contributed by atoms with Gasteiger partial charge >= 0.3 is 0 Å². The molecule has 0 aliphatic heterocycles. The fourth-order valence-corrected chi connectivity index (χ4v) is 5.50. The molecule has 0 heterocycles. The van der Waals surface area contributed by atoms with Gasteiger partial charge in [-0.2, -0.15) is 8.42 Å². The molecular formula is C19H12Cl4O5S. The molecule has 0 amide bonds. The maximum Gasteiger partial charge on any atom is 0.283 e. The van der Waals surface area contributed by atoms with Crippen molar-refractivity contribution in [1.82, 2.24) is 0 Å². The predicted molar refractivity (Wildman–Crippen MR) is 114 cm³/mol. The van der Waals surface area contributed by atoms with E-state index in [1.54, 1.807) is 0 Å². The van der Waals surface area contributed by atoms with Crippen molar-refractivity contribution in [3.05, 3.63) is 91.4 Å². The van der Waals surface area contributed by atoms with Gasteiger partial charge in [-0.05, 0) is 42.0 Å². The van der Waals surface area contributed by atoms with Crippen molar-refractivity contribution >= 4 is 56.5 Å². The van der Waals surface area contributed by atoms with Gasteiger partial charge in [-0.1, -0.05) is 64.6 Å². The molecular weight excluding hydrogens is 482 g/mol. The normalized spacial score (nSPS) is 13.8. The number of rotatable bonds is 4. The van der Waals surface area contributed by atoms with E-state index in [1.165, 1.54) is 42.5 Å². The van der Waals surface area contributed by atoms with Gasteiger partial charge in [0.05, 0.1) is 15.6 Å². The first-order chi connectivity index (χ1) is 13.5. The third kappa shape index (κ3) is 3.65. The summed E-state index contributed by atoms with van der Waals surface area (Å²) in [6, 6.07) is 11.5. The molecule has 3 rings (SSSR count). The van der Waals surface area contributed by atoms with Gasteiger partial charge in [-0.15, -0.1) is 0 Å². The summed E-state index contributed by atoms with van der Waals surface area (Å²) in [4.78, 5) is 0. The molecule has 10 heteroatoms. The predicted octanol–water partition coefficient (Wildman–Crippen LogP) is 5.89. The third-order valence-electron chi connectivity index (χ3n) is 4.38. The van der Waals surface area contributed by atoms with E-state index < -0.39 is 31.9 Å². The highest BCUT2D eigenvalue weighted by molar-refractivity contribution is 7.87. The molecule has 0 saturated carbocycles. The molecule has 152 valence electrons. The Bertz CT molecular complexity index is 1180. The summed E-state index contributed by atoms with van der Waals surface area (Å²) in [5, 5.41) is 21.0. The standard InChI is InChI=1S/C19H12Cl4O5S/c20-11-6-4-10(5-7-11)19(29(26,27)28,17-15(24)2-1-3-16(17)25)13-8-12(21)9-14(22)18(13)23/h1-9,24-25H,(H,26,27,28). The Morgan fingerprint density at radius 1 is 0.793 bits per heavy atom. The maximum absolute atomic E-state index is 13.0. The molecule has 29 heavy (non-hydrogen) atoms. The minimum Gasteiger partial charge on any atom is -0.507 e. The van der Waals surface area contributed by atoms with Crippen LogP contribution in [0.4, 0.5) is 0 Å². The molecule has 0 spiro atoms. The summed E-state index contributed by atoms with van der Waals surface area (Å²) in [6.45, 7) is 0. The second-order valence-corrected chi connectivity index (χ2v) is 9.30. The first-order valence-electron chi connectivity index (χ1n) is 7.89. The largest absolute Gasteiger partial charge is 0.507 e. The Kier molecular flexibility index (Phi) is 5.98. The Morgan fingerprint density at radius 3 is 1.86 bits per heavy atom. The van der Waals surface area contributed by atoms with Crippen LogP contribution in [0.15, 0.2) is 54.6 Å². The monoisotopic (exact) mass is 492 g/mol. The number of hydrogen-bond donors (Lipinski definition) is 3. The second-order valence-electron chi connectivity index (χ2n) is 6.08. The van der Waals surface area contributed by atoms with Crippen LogP contribution in [0.2, 0.25) is 20.1 Å². The van der Waals surface area contributed by atoms with E-state index in [4.69, 9.17) is 46.4 Å². The molecule has 0 saturated heterocycles. The van der Waals surface area contributed by atoms with Crippen molar-refractivity contribution < 1.29 is 23.2 Å². The van der Waals surface area contributed by atoms with E-state index in [0.717, 1.165) is 12.1 Å². The van der Waals surface area contributed by atoms with Gasteiger partial charge in [0.15, 0.2) is 4.75 Å². The molecule has 0 fully saturated rings. The van der Waals surface area contributed by atoms with Crippen LogP contribution in [0.25, 0.3) is 0 Å². The van der Waals surface area contributed by atoms with Crippen molar-refractivity contribution in [2.24, 2.45) is 0 Å². The minimum absolute atomic E-state index is 0.0197. The quantitative estimate of drug-likeness (QED) is 0.239. The van der Waals surface area contributed by atoms with E-state index in [1.807, 2.05) is 0 Å². The van der Waals surface area contributed by atoms with E-state index >= 15 is 0 Å². The molecule has 3 N–H and O–H groups in total. The second kappa shape index (κ2) is 7.87. The molecule has 3 aromatic rings. The number of hydrogen-bond acceptors (Lipinski definition) is 4. The van der Waals surface area contributed by atoms with Crippen LogP contribution in [0.1, 0.15) is 16.7 Å². The van der Waals surface area contributed by atoms with Gasteiger partial charge < -0.3 is 10.2 Å². The SMILES string of the molecule is O=S(=O)(O)C(c1ccc(Cl)cc1)(c1cc(Cl)cc(Cl)c1Cl)c1c(O)cccc1O. The number of aromatic hydroxyl groups is 2. The lowest BCUT2D eigenvalue weighted by atomic mass is 9.83. The number of benzene rings is 3. The molecule has 0 radical (unpaired) electrons. The summed E-state index contributed by atoms with van der Waals surface area (Å²) in [5.74, 6) is -1.21. The number of halogens is 4. The molecule has 0 aromatic heterocycles. The molecule has 0 aliphatic rings. The van der Waals surface area contributed by atoms with Gasteiger partial charge in [-0.25, -0.2) is 0 Å². The minimum atomic E-state index is -5.16. The van der Waals surface area contributed by atoms with Crippen LogP contribution in [0, 0.1) is 0 Å². The average molecular weight is 494 g/mol. The lowest BCUT2D eigenvalue weighted by Crippen LogP contribution is -2.38. The lowest BCUT2D eigenvalue weighted by molar-refractivity contribution is 0.416. The van der Waals surface area contributed by atoms with Crippen LogP contribution in [0.3, 0.4) is 0 Å². The Balaban J connectivity index is 2.65. The molecule has 5 nitrogen and oxygen atoms in total. The number of phenols is 2. The van der Waals surface area contributed by atoms with Gasteiger partial charge in [-0.3, -0.25) is 4.55 Å². The maximum atomic E-state index is 13.0. The van der Waals surface area contributed by atoms with Crippen LogP contribution < -0.4 is 0 Å². The van der Waals surface area contributed by atoms with Gasteiger partial charge in [0, 0.05) is 15.6 Å². The lowest BCUT2D eigenvalue weighted by Gasteiger charge is -2.34. The van der Waals surface area contributed by atoms with Gasteiger partial charge in [0.2, 0.25) is 0 Å². The molecule has 1 unspecified atom stereocenters. The molecule has 0 bridgehead atoms. The molecule has 3 aromatic carbocycles. The first-order valence-corrected chi connectivity index (χ1v) is 10.8. The van der Waals surface area contributed by atoms with Crippen molar-refractivity contribution in [2.45, 2.75) is 4.75 Å². The average Bonchev–Trinajstić information content (AvgIpc) is 2.61. The Labute approximate surface area is 186 Å². The van der Waals surface area contributed by atoms with E-state index in [0.29, 0.717) is 0 Å². The van der Waals surface area contributed by atoms with Crippen LogP contribution >= 0.6 is 46.4 Å².